The first-order valence-electron chi connectivity index (χ1n) is 8.46. The SMILES string of the molecule is COc1ccc(N2CC(c3nc(-c4ccncc4)no3)CC2=O)cc1OC. The molecule has 138 valence electrons. The third-order valence-corrected chi connectivity index (χ3v) is 4.53. The lowest BCUT2D eigenvalue weighted by Crippen LogP contribution is -2.24. The summed E-state index contributed by atoms with van der Waals surface area (Å²) in [6.45, 7) is 0.465. The van der Waals surface area contributed by atoms with E-state index in [-0.39, 0.29) is 11.8 Å². The van der Waals surface area contributed by atoms with Crippen molar-refractivity contribution >= 4 is 11.6 Å². The maximum Gasteiger partial charge on any atom is 0.232 e. The molecule has 27 heavy (non-hydrogen) atoms. The molecule has 1 amide bonds. The Balaban J connectivity index is 1.55. The summed E-state index contributed by atoms with van der Waals surface area (Å²) in [5, 5.41) is 4.02. The molecule has 1 aliphatic rings. The summed E-state index contributed by atoms with van der Waals surface area (Å²) in [7, 11) is 3.14. The van der Waals surface area contributed by atoms with Gasteiger partial charge in [-0.15, -0.1) is 0 Å². The zero-order valence-corrected chi connectivity index (χ0v) is 15.0. The maximum atomic E-state index is 12.5. The van der Waals surface area contributed by atoms with Crippen molar-refractivity contribution in [3.8, 4) is 22.9 Å². The lowest BCUT2D eigenvalue weighted by atomic mass is 10.1. The predicted molar refractivity (Wildman–Crippen MR) is 96.8 cm³/mol. The number of anilines is 1. The number of nitrogens with zero attached hydrogens (tertiary/aromatic N) is 4. The summed E-state index contributed by atoms with van der Waals surface area (Å²) < 4.78 is 16.0. The number of carbonyl (C=O) groups excluding carboxylic acids is 1. The summed E-state index contributed by atoms with van der Waals surface area (Å²) in [5.74, 6) is 1.97. The molecule has 1 atom stereocenters. The van der Waals surface area contributed by atoms with Crippen LogP contribution in [-0.4, -0.2) is 41.8 Å². The van der Waals surface area contributed by atoms with Gasteiger partial charge in [-0.05, 0) is 24.3 Å². The van der Waals surface area contributed by atoms with Crippen molar-refractivity contribution in [3.05, 3.63) is 48.6 Å². The minimum absolute atomic E-state index is 0.00381. The van der Waals surface area contributed by atoms with Crippen molar-refractivity contribution in [2.75, 3.05) is 25.7 Å². The number of methoxy groups -OCH3 is 2. The highest BCUT2D eigenvalue weighted by Crippen LogP contribution is 2.36. The minimum Gasteiger partial charge on any atom is -0.493 e. The summed E-state index contributed by atoms with van der Waals surface area (Å²) in [6.07, 6.45) is 3.65. The molecule has 1 aliphatic heterocycles. The number of carbonyl (C=O) groups is 1. The van der Waals surface area contributed by atoms with Gasteiger partial charge in [0.2, 0.25) is 17.6 Å². The molecule has 2 aromatic heterocycles. The molecular formula is C19H18N4O4. The third kappa shape index (κ3) is 3.21. The van der Waals surface area contributed by atoms with Crippen LogP contribution < -0.4 is 14.4 Å². The van der Waals surface area contributed by atoms with E-state index in [0.717, 1.165) is 11.3 Å². The van der Waals surface area contributed by atoms with Crippen LogP contribution in [-0.2, 0) is 4.79 Å². The molecule has 1 aromatic carbocycles. The van der Waals surface area contributed by atoms with Gasteiger partial charge in [0.1, 0.15) is 0 Å². The van der Waals surface area contributed by atoms with Gasteiger partial charge < -0.3 is 18.9 Å². The standard InChI is InChI=1S/C19H18N4O4/c1-25-15-4-3-14(10-16(15)26-2)23-11-13(9-17(23)24)19-21-18(22-27-19)12-5-7-20-8-6-12/h3-8,10,13H,9,11H2,1-2H3. The average Bonchev–Trinajstić information content (AvgIpc) is 3.35. The van der Waals surface area contributed by atoms with E-state index in [1.54, 1.807) is 43.6 Å². The first-order valence-corrected chi connectivity index (χ1v) is 8.46. The molecule has 0 saturated carbocycles. The molecule has 8 nitrogen and oxygen atoms in total. The highest BCUT2D eigenvalue weighted by Gasteiger charge is 2.35. The van der Waals surface area contributed by atoms with Crippen LogP contribution in [0.3, 0.4) is 0 Å². The van der Waals surface area contributed by atoms with Gasteiger partial charge in [0, 0.05) is 42.7 Å². The largest absolute Gasteiger partial charge is 0.493 e. The van der Waals surface area contributed by atoms with Crippen LogP contribution in [0.15, 0.2) is 47.2 Å². The van der Waals surface area contributed by atoms with E-state index in [4.69, 9.17) is 14.0 Å². The normalized spacial score (nSPS) is 16.6. The summed E-state index contributed by atoms with van der Waals surface area (Å²) in [5.41, 5.74) is 1.56. The molecule has 8 heteroatoms. The molecule has 4 rings (SSSR count). The smallest absolute Gasteiger partial charge is 0.232 e. The Bertz CT molecular complexity index is 957. The van der Waals surface area contributed by atoms with Crippen molar-refractivity contribution in [2.45, 2.75) is 12.3 Å². The topological polar surface area (TPSA) is 90.6 Å². The van der Waals surface area contributed by atoms with Crippen LogP contribution in [0.5, 0.6) is 11.5 Å². The van der Waals surface area contributed by atoms with Gasteiger partial charge in [0.05, 0.1) is 20.1 Å². The van der Waals surface area contributed by atoms with Crippen LogP contribution in [0.1, 0.15) is 18.2 Å². The fraction of sp³-hybridized carbons (Fsp3) is 0.263. The van der Waals surface area contributed by atoms with E-state index in [2.05, 4.69) is 15.1 Å². The second-order valence-corrected chi connectivity index (χ2v) is 6.14. The van der Waals surface area contributed by atoms with Crippen molar-refractivity contribution in [3.63, 3.8) is 0 Å². The van der Waals surface area contributed by atoms with E-state index in [1.165, 1.54) is 0 Å². The van der Waals surface area contributed by atoms with E-state index >= 15 is 0 Å². The van der Waals surface area contributed by atoms with Gasteiger partial charge in [-0.2, -0.15) is 4.98 Å². The van der Waals surface area contributed by atoms with Crippen LogP contribution in [0.4, 0.5) is 5.69 Å². The Morgan fingerprint density at radius 1 is 1.11 bits per heavy atom. The Labute approximate surface area is 155 Å². The van der Waals surface area contributed by atoms with E-state index in [9.17, 15) is 4.79 Å². The molecule has 1 saturated heterocycles. The molecule has 3 heterocycles. The lowest BCUT2D eigenvalue weighted by molar-refractivity contribution is -0.117. The number of rotatable bonds is 5. The van der Waals surface area contributed by atoms with Gasteiger partial charge in [0.15, 0.2) is 11.5 Å². The van der Waals surface area contributed by atoms with Gasteiger partial charge in [-0.3, -0.25) is 9.78 Å². The fourth-order valence-corrected chi connectivity index (χ4v) is 3.13. The van der Waals surface area contributed by atoms with Gasteiger partial charge >= 0.3 is 0 Å². The molecule has 0 radical (unpaired) electrons. The fourth-order valence-electron chi connectivity index (χ4n) is 3.13. The second kappa shape index (κ2) is 7.06. The summed E-state index contributed by atoms with van der Waals surface area (Å²) >= 11 is 0. The molecule has 1 unspecified atom stereocenters. The zero-order valence-electron chi connectivity index (χ0n) is 15.0. The van der Waals surface area contributed by atoms with Gasteiger partial charge in [-0.25, -0.2) is 0 Å². The molecule has 0 bridgehead atoms. The first kappa shape index (κ1) is 17.0. The maximum absolute atomic E-state index is 12.5. The number of amides is 1. The van der Waals surface area contributed by atoms with Crippen LogP contribution in [0, 0.1) is 0 Å². The predicted octanol–water partition coefficient (Wildman–Crippen LogP) is 2.67. The highest BCUT2D eigenvalue weighted by molar-refractivity contribution is 5.96. The Morgan fingerprint density at radius 3 is 2.63 bits per heavy atom. The zero-order chi connectivity index (χ0) is 18.8. The molecule has 1 fully saturated rings. The monoisotopic (exact) mass is 366 g/mol. The number of aromatic nitrogens is 3. The molecule has 3 aromatic rings. The number of benzene rings is 1. The highest BCUT2D eigenvalue weighted by atomic mass is 16.5. The third-order valence-electron chi connectivity index (χ3n) is 4.53. The van der Waals surface area contributed by atoms with Crippen LogP contribution >= 0.6 is 0 Å². The first-order chi connectivity index (χ1) is 13.2. The van der Waals surface area contributed by atoms with Crippen molar-refractivity contribution in [1.29, 1.82) is 0 Å². The molecule has 0 aliphatic carbocycles. The van der Waals surface area contributed by atoms with E-state index in [1.807, 2.05) is 18.2 Å². The summed E-state index contributed by atoms with van der Waals surface area (Å²) in [6, 6.07) is 9.02. The van der Waals surface area contributed by atoms with Gasteiger partial charge in [0.25, 0.3) is 0 Å². The average molecular weight is 366 g/mol. The molecule has 0 N–H and O–H groups in total. The van der Waals surface area contributed by atoms with Crippen LogP contribution in [0.25, 0.3) is 11.4 Å². The van der Waals surface area contributed by atoms with Crippen molar-refractivity contribution in [2.24, 2.45) is 0 Å². The number of ether oxygens (including phenoxy) is 2. The number of hydrogen-bond donors (Lipinski definition) is 0. The van der Waals surface area contributed by atoms with Crippen molar-refractivity contribution in [1.82, 2.24) is 15.1 Å². The molecule has 0 spiro atoms. The van der Waals surface area contributed by atoms with Crippen molar-refractivity contribution < 1.29 is 18.8 Å². The number of hydrogen-bond acceptors (Lipinski definition) is 7. The van der Waals surface area contributed by atoms with Gasteiger partial charge in [-0.1, -0.05) is 5.16 Å². The minimum atomic E-state index is -0.159. The van der Waals surface area contributed by atoms with Crippen LogP contribution in [0.2, 0.25) is 0 Å². The Hall–Kier alpha value is -3.42. The Morgan fingerprint density at radius 2 is 1.89 bits per heavy atom. The lowest BCUT2D eigenvalue weighted by Gasteiger charge is -2.18. The second-order valence-electron chi connectivity index (χ2n) is 6.14. The van der Waals surface area contributed by atoms with E-state index < -0.39 is 0 Å². The quantitative estimate of drug-likeness (QED) is 0.685. The Kier molecular flexibility index (Phi) is 4.45. The van der Waals surface area contributed by atoms with E-state index in [0.29, 0.717) is 36.2 Å². The summed E-state index contributed by atoms with van der Waals surface area (Å²) in [4.78, 5) is 22.7. The number of pyridine rings is 1. The molecular weight excluding hydrogens is 348 g/mol.